The summed E-state index contributed by atoms with van der Waals surface area (Å²) >= 11 is 0. The Morgan fingerprint density at radius 2 is 1.42 bits per heavy atom. The van der Waals surface area contributed by atoms with Gasteiger partial charge in [0.25, 0.3) is 0 Å². The van der Waals surface area contributed by atoms with Gasteiger partial charge in [0.2, 0.25) is 11.7 Å². The minimum atomic E-state index is 0.130. The van der Waals surface area contributed by atoms with Crippen LogP contribution in [0.5, 0.6) is 28.7 Å². The third-order valence-electron chi connectivity index (χ3n) is 6.92. The summed E-state index contributed by atoms with van der Waals surface area (Å²) in [6.45, 7) is 3.91. The highest BCUT2D eigenvalue weighted by atomic mass is 16.5. The van der Waals surface area contributed by atoms with Crippen LogP contribution in [0.15, 0.2) is 29.8 Å². The van der Waals surface area contributed by atoms with Crippen molar-refractivity contribution in [2.75, 3.05) is 61.7 Å². The molecular formula is C28H36N2O6. The number of carbonyl (C=O) groups excluding carboxylic acids is 1. The van der Waals surface area contributed by atoms with Gasteiger partial charge < -0.3 is 28.6 Å². The van der Waals surface area contributed by atoms with E-state index < -0.39 is 0 Å². The molecule has 0 bridgehead atoms. The summed E-state index contributed by atoms with van der Waals surface area (Å²) in [6.07, 6.45) is 4.48. The zero-order valence-corrected chi connectivity index (χ0v) is 21.9. The van der Waals surface area contributed by atoms with Gasteiger partial charge in [-0.1, -0.05) is 0 Å². The van der Waals surface area contributed by atoms with Gasteiger partial charge in [0.1, 0.15) is 0 Å². The summed E-state index contributed by atoms with van der Waals surface area (Å²) in [7, 11) is 8.13. The van der Waals surface area contributed by atoms with Crippen LogP contribution in [-0.4, -0.2) is 77.4 Å². The largest absolute Gasteiger partial charge is 0.493 e. The Morgan fingerprint density at radius 1 is 0.750 bits per heavy atom. The van der Waals surface area contributed by atoms with E-state index in [-0.39, 0.29) is 5.91 Å². The molecule has 1 fully saturated rings. The van der Waals surface area contributed by atoms with Crippen molar-refractivity contribution in [2.24, 2.45) is 0 Å². The van der Waals surface area contributed by atoms with E-state index in [4.69, 9.17) is 23.7 Å². The molecule has 1 amide bonds. The molecule has 8 nitrogen and oxygen atoms in total. The first-order valence-corrected chi connectivity index (χ1v) is 12.3. The monoisotopic (exact) mass is 496 g/mol. The summed E-state index contributed by atoms with van der Waals surface area (Å²) in [5, 5.41) is 0. The highest BCUT2D eigenvalue weighted by Crippen LogP contribution is 2.39. The Hall–Kier alpha value is -3.39. The lowest BCUT2D eigenvalue weighted by Crippen LogP contribution is -2.36. The molecule has 0 radical (unpaired) electrons. The van der Waals surface area contributed by atoms with Crippen molar-refractivity contribution in [1.82, 2.24) is 9.80 Å². The number of hydrogen-bond donors (Lipinski definition) is 0. The summed E-state index contributed by atoms with van der Waals surface area (Å²) < 4.78 is 27.3. The first-order chi connectivity index (χ1) is 17.5. The van der Waals surface area contributed by atoms with Gasteiger partial charge in [0, 0.05) is 38.3 Å². The average molecular weight is 497 g/mol. The molecule has 8 heteroatoms. The number of aryl methyl sites for hydroxylation is 1. The van der Waals surface area contributed by atoms with Crippen molar-refractivity contribution >= 4 is 12.0 Å². The molecule has 0 unspecified atom stereocenters. The molecule has 0 spiro atoms. The van der Waals surface area contributed by atoms with Crippen LogP contribution in [0.3, 0.4) is 0 Å². The van der Waals surface area contributed by atoms with Gasteiger partial charge in [-0.2, -0.15) is 0 Å². The Balaban J connectivity index is 1.44. The predicted octanol–water partition coefficient (Wildman–Crippen LogP) is 3.79. The van der Waals surface area contributed by atoms with Gasteiger partial charge in [0.15, 0.2) is 23.0 Å². The van der Waals surface area contributed by atoms with Gasteiger partial charge >= 0.3 is 0 Å². The molecule has 1 saturated heterocycles. The zero-order valence-electron chi connectivity index (χ0n) is 21.9. The summed E-state index contributed by atoms with van der Waals surface area (Å²) in [5.41, 5.74) is 4.14. The second-order valence-corrected chi connectivity index (χ2v) is 9.03. The fourth-order valence-corrected chi connectivity index (χ4v) is 5.01. The minimum Gasteiger partial charge on any atom is -0.493 e. The molecule has 0 saturated carbocycles. The molecule has 1 heterocycles. The van der Waals surface area contributed by atoms with Crippen molar-refractivity contribution < 1.29 is 28.5 Å². The average Bonchev–Trinajstić information content (AvgIpc) is 3.16. The van der Waals surface area contributed by atoms with E-state index in [1.165, 1.54) is 5.56 Å². The quantitative estimate of drug-likeness (QED) is 0.551. The van der Waals surface area contributed by atoms with E-state index in [0.29, 0.717) is 29.5 Å². The molecule has 2 aromatic rings. The molecule has 194 valence electrons. The lowest BCUT2D eigenvalue weighted by Gasteiger charge is -2.25. The lowest BCUT2D eigenvalue weighted by molar-refractivity contribution is -0.127. The van der Waals surface area contributed by atoms with Gasteiger partial charge in [0.05, 0.1) is 35.5 Å². The van der Waals surface area contributed by atoms with Crippen LogP contribution in [0.2, 0.25) is 0 Å². The third kappa shape index (κ3) is 5.38. The SMILES string of the molecule is COc1cc2c(cc1OC)CCC(C(=O)N1CCCN(Cc3cc(OC)c(OC)c(OC)c3)CC1)=C2. The Bertz CT molecular complexity index is 1100. The number of amides is 1. The number of methoxy groups -OCH3 is 5. The van der Waals surface area contributed by atoms with E-state index in [9.17, 15) is 4.79 Å². The maximum absolute atomic E-state index is 13.4. The molecule has 4 rings (SSSR count). The third-order valence-corrected chi connectivity index (χ3v) is 6.92. The zero-order chi connectivity index (χ0) is 25.7. The predicted molar refractivity (Wildman–Crippen MR) is 138 cm³/mol. The first-order valence-electron chi connectivity index (χ1n) is 12.3. The second-order valence-electron chi connectivity index (χ2n) is 9.03. The molecule has 0 atom stereocenters. The minimum absolute atomic E-state index is 0.130. The summed E-state index contributed by atoms with van der Waals surface area (Å²) in [6, 6.07) is 7.95. The van der Waals surface area contributed by atoms with Crippen LogP contribution in [0.1, 0.15) is 29.5 Å². The number of ether oxygens (including phenoxy) is 5. The second kappa shape index (κ2) is 11.6. The number of hydrogen-bond acceptors (Lipinski definition) is 7. The molecule has 2 aromatic carbocycles. The van der Waals surface area contributed by atoms with Crippen LogP contribution in [0.4, 0.5) is 0 Å². The fourth-order valence-electron chi connectivity index (χ4n) is 5.01. The van der Waals surface area contributed by atoms with Crippen LogP contribution in [0.25, 0.3) is 6.08 Å². The summed E-state index contributed by atoms with van der Waals surface area (Å²) in [4.78, 5) is 17.8. The Labute approximate surface area is 213 Å². The van der Waals surface area contributed by atoms with Crippen molar-refractivity contribution in [3.8, 4) is 28.7 Å². The van der Waals surface area contributed by atoms with Crippen molar-refractivity contribution in [3.63, 3.8) is 0 Å². The topological polar surface area (TPSA) is 69.7 Å². The molecule has 36 heavy (non-hydrogen) atoms. The van der Waals surface area contributed by atoms with Crippen molar-refractivity contribution in [1.29, 1.82) is 0 Å². The molecule has 1 aliphatic carbocycles. The molecule has 2 aliphatic rings. The van der Waals surface area contributed by atoms with Gasteiger partial charge in [-0.3, -0.25) is 9.69 Å². The first kappa shape index (κ1) is 25.7. The number of nitrogens with zero attached hydrogens (tertiary/aromatic N) is 2. The van der Waals surface area contributed by atoms with E-state index >= 15 is 0 Å². The smallest absolute Gasteiger partial charge is 0.249 e. The van der Waals surface area contributed by atoms with Crippen molar-refractivity contribution in [3.05, 3.63) is 46.5 Å². The number of fused-ring (bicyclic) bond motifs is 1. The van der Waals surface area contributed by atoms with Crippen LogP contribution in [-0.2, 0) is 17.8 Å². The Kier molecular flexibility index (Phi) is 8.25. The number of benzene rings is 2. The maximum atomic E-state index is 13.4. The van der Waals surface area contributed by atoms with E-state index in [1.54, 1.807) is 35.5 Å². The number of carbonyl (C=O) groups is 1. The maximum Gasteiger partial charge on any atom is 0.249 e. The number of rotatable bonds is 8. The van der Waals surface area contributed by atoms with Crippen molar-refractivity contribution in [2.45, 2.75) is 25.8 Å². The molecule has 0 N–H and O–H groups in total. The highest BCUT2D eigenvalue weighted by Gasteiger charge is 2.25. The lowest BCUT2D eigenvalue weighted by atomic mass is 9.91. The standard InChI is InChI=1S/C28H36N2O6/c1-32-23-16-20-7-8-21(15-22(20)17-24(23)33-2)28(31)30-10-6-9-29(11-12-30)18-19-13-25(34-3)27(36-5)26(14-19)35-4/h13-17H,6-12,18H2,1-5H3. The molecular weight excluding hydrogens is 460 g/mol. The van der Waals surface area contributed by atoms with Gasteiger partial charge in [-0.25, -0.2) is 0 Å². The highest BCUT2D eigenvalue weighted by molar-refractivity contribution is 5.98. The Morgan fingerprint density at radius 3 is 2.06 bits per heavy atom. The van der Waals surface area contributed by atoms with Crippen LogP contribution in [0, 0.1) is 0 Å². The van der Waals surface area contributed by atoms with Crippen LogP contribution < -0.4 is 23.7 Å². The fraction of sp³-hybridized carbons (Fsp3) is 0.464. The van der Waals surface area contributed by atoms with E-state index in [0.717, 1.165) is 67.9 Å². The molecule has 1 aliphatic heterocycles. The molecule has 0 aromatic heterocycles. The van der Waals surface area contributed by atoms with Gasteiger partial charge in [-0.05, 0) is 66.3 Å². The summed E-state index contributed by atoms with van der Waals surface area (Å²) in [5.74, 6) is 3.42. The van der Waals surface area contributed by atoms with E-state index in [1.807, 2.05) is 35.2 Å². The van der Waals surface area contributed by atoms with Crippen LogP contribution >= 0.6 is 0 Å². The van der Waals surface area contributed by atoms with E-state index in [2.05, 4.69) is 4.90 Å². The van der Waals surface area contributed by atoms with Gasteiger partial charge in [-0.15, -0.1) is 0 Å². The normalized spacial score (nSPS) is 15.9.